The molecule has 0 unspecified atom stereocenters. The normalized spacial score (nSPS) is 25.2. The molecule has 3 N–H and O–H groups in total. The van der Waals surface area contributed by atoms with Crippen LogP contribution in [0, 0.1) is 11.7 Å². The van der Waals surface area contributed by atoms with Crippen LogP contribution in [0.2, 0.25) is 0 Å². The number of para-hydroxylation sites is 2. The van der Waals surface area contributed by atoms with E-state index in [0.29, 0.717) is 45.6 Å². The van der Waals surface area contributed by atoms with Crippen molar-refractivity contribution < 1.29 is 4.39 Å². The Labute approximate surface area is 220 Å². The smallest absolute Gasteiger partial charge is 0.261 e. The lowest BCUT2D eigenvalue weighted by Crippen LogP contribution is -2.53. The van der Waals surface area contributed by atoms with Crippen LogP contribution in [0.1, 0.15) is 19.3 Å². The van der Waals surface area contributed by atoms with Crippen molar-refractivity contribution in [2.45, 2.75) is 31.3 Å². The van der Waals surface area contributed by atoms with Gasteiger partial charge in [0.1, 0.15) is 17.2 Å². The average Bonchev–Trinajstić information content (AvgIpc) is 3.57. The van der Waals surface area contributed by atoms with E-state index < -0.39 is 0 Å². The predicted molar refractivity (Wildman–Crippen MR) is 150 cm³/mol. The minimum atomic E-state index is -0.267. The maximum Gasteiger partial charge on any atom is 0.261 e. The van der Waals surface area contributed by atoms with Crippen LogP contribution < -0.4 is 15.8 Å². The van der Waals surface area contributed by atoms with Crippen LogP contribution in [0.5, 0.6) is 0 Å². The molecule has 198 valence electrons. The maximum atomic E-state index is 15.8. The summed E-state index contributed by atoms with van der Waals surface area (Å²) in [6.45, 7) is 4.73. The van der Waals surface area contributed by atoms with E-state index >= 15 is 4.39 Å². The highest BCUT2D eigenvalue weighted by Gasteiger charge is 2.35. The molecular formula is C29H34FN7O. The SMILES string of the molecule is CN(C)[C@@H]1CCN(c2cc3[nH]c(=O)c(-c4nc5ccccc5[nH]4)c(N[C@H]4CN5CCC4CC5)c3cc2F)C1. The number of anilines is 2. The molecule has 8 rings (SSSR count). The minimum Gasteiger partial charge on any atom is -0.379 e. The van der Waals surface area contributed by atoms with Gasteiger partial charge < -0.3 is 30.0 Å². The zero-order valence-corrected chi connectivity index (χ0v) is 21.9. The fourth-order valence-electron chi connectivity index (χ4n) is 6.69. The van der Waals surface area contributed by atoms with Crippen LogP contribution in [-0.4, -0.2) is 83.7 Å². The van der Waals surface area contributed by atoms with Gasteiger partial charge in [0.2, 0.25) is 0 Å². The van der Waals surface area contributed by atoms with Gasteiger partial charge in [-0.2, -0.15) is 0 Å². The second-order valence-electron chi connectivity index (χ2n) is 11.4. The zero-order chi connectivity index (χ0) is 26.0. The third kappa shape index (κ3) is 3.96. The van der Waals surface area contributed by atoms with Gasteiger partial charge in [0.25, 0.3) is 5.56 Å². The van der Waals surface area contributed by atoms with Crippen LogP contribution in [0.4, 0.5) is 15.8 Å². The number of rotatable bonds is 5. The number of nitrogens with one attached hydrogen (secondary N) is 3. The zero-order valence-electron chi connectivity index (χ0n) is 21.9. The van der Waals surface area contributed by atoms with E-state index in [1.807, 2.05) is 30.3 Å². The molecule has 4 aromatic rings. The highest BCUT2D eigenvalue weighted by atomic mass is 19.1. The topological polar surface area (TPSA) is 83.3 Å². The minimum absolute atomic E-state index is 0.202. The van der Waals surface area contributed by atoms with Crippen molar-refractivity contribution in [2.24, 2.45) is 5.92 Å². The lowest BCUT2D eigenvalue weighted by Gasteiger charge is -2.45. The number of H-pyrrole nitrogens is 2. The number of imidazole rings is 1. The number of nitrogens with zero attached hydrogens (tertiary/aromatic N) is 4. The Morgan fingerprint density at radius 3 is 2.55 bits per heavy atom. The molecule has 2 atom stereocenters. The molecule has 0 radical (unpaired) electrons. The molecule has 6 heterocycles. The third-order valence-corrected chi connectivity index (χ3v) is 8.93. The largest absolute Gasteiger partial charge is 0.379 e. The predicted octanol–water partition coefficient (Wildman–Crippen LogP) is 3.86. The summed E-state index contributed by atoms with van der Waals surface area (Å²) in [7, 11) is 4.13. The van der Waals surface area contributed by atoms with E-state index in [9.17, 15) is 4.79 Å². The lowest BCUT2D eigenvalue weighted by atomic mass is 9.83. The van der Waals surface area contributed by atoms with Crippen molar-refractivity contribution in [3.63, 3.8) is 0 Å². The first kappa shape index (κ1) is 23.7. The first-order valence-electron chi connectivity index (χ1n) is 13.7. The van der Waals surface area contributed by atoms with E-state index in [0.717, 1.165) is 63.0 Å². The number of hydrogen-bond acceptors (Lipinski definition) is 6. The molecule has 4 aliphatic heterocycles. The van der Waals surface area contributed by atoms with Crippen LogP contribution >= 0.6 is 0 Å². The van der Waals surface area contributed by atoms with Crippen LogP contribution in [0.3, 0.4) is 0 Å². The van der Waals surface area contributed by atoms with E-state index in [1.54, 1.807) is 6.07 Å². The molecule has 0 amide bonds. The van der Waals surface area contributed by atoms with Crippen molar-refractivity contribution >= 4 is 33.3 Å². The highest BCUT2D eigenvalue weighted by molar-refractivity contribution is 6.00. The number of benzene rings is 2. The summed E-state index contributed by atoms with van der Waals surface area (Å²) in [6.07, 6.45) is 3.26. The second-order valence-corrected chi connectivity index (χ2v) is 11.4. The molecule has 9 heteroatoms. The lowest BCUT2D eigenvalue weighted by molar-refractivity contribution is 0.0976. The number of piperidine rings is 3. The molecule has 2 aromatic heterocycles. The molecule has 0 spiro atoms. The van der Waals surface area contributed by atoms with Crippen molar-refractivity contribution in [1.82, 2.24) is 24.8 Å². The van der Waals surface area contributed by atoms with Gasteiger partial charge in [-0.15, -0.1) is 0 Å². The van der Waals surface area contributed by atoms with Crippen molar-refractivity contribution in [3.8, 4) is 11.4 Å². The summed E-state index contributed by atoms with van der Waals surface area (Å²) >= 11 is 0. The summed E-state index contributed by atoms with van der Waals surface area (Å²) in [4.78, 5) is 31.6. The molecule has 4 fully saturated rings. The number of aromatic nitrogens is 3. The fourth-order valence-corrected chi connectivity index (χ4v) is 6.69. The van der Waals surface area contributed by atoms with Gasteiger partial charge in [0.15, 0.2) is 0 Å². The van der Waals surface area contributed by atoms with E-state index in [-0.39, 0.29) is 17.4 Å². The fraction of sp³-hybridized carbons (Fsp3) is 0.448. The van der Waals surface area contributed by atoms with Gasteiger partial charge in [-0.3, -0.25) is 4.79 Å². The number of fused-ring (bicyclic) bond motifs is 5. The first-order valence-corrected chi connectivity index (χ1v) is 13.7. The molecule has 8 nitrogen and oxygen atoms in total. The number of likely N-dealkylation sites (N-methyl/N-ethyl adjacent to an activating group) is 1. The number of pyridine rings is 1. The Balaban J connectivity index is 1.37. The van der Waals surface area contributed by atoms with E-state index in [1.165, 1.54) is 0 Å². The Hall–Kier alpha value is -3.43. The molecule has 0 aliphatic carbocycles. The van der Waals surface area contributed by atoms with Crippen molar-refractivity contribution in [3.05, 3.63) is 52.6 Å². The van der Waals surface area contributed by atoms with E-state index in [4.69, 9.17) is 4.98 Å². The summed E-state index contributed by atoms with van der Waals surface area (Å²) in [6, 6.07) is 11.7. The summed E-state index contributed by atoms with van der Waals surface area (Å²) in [5.74, 6) is 0.766. The molecule has 0 saturated carbocycles. The molecule has 38 heavy (non-hydrogen) atoms. The average molecular weight is 516 g/mol. The molecule has 4 aliphatic rings. The quantitative estimate of drug-likeness (QED) is 0.375. The number of aromatic amines is 2. The molecule has 2 bridgehead atoms. The maximum absolute atomic E-state index is 15.8. The van der Waals surface area contributed by atoms with Crippen LogP contribution in [0.15, 0.2) is 41.2 Å². The van der Waals surface area contributed by atoms with Crippen molar-refractivity contribution in [2.75, 3.05) is 57.0 Å². The Bertz CT molecular complexity index is 1540. The van der Waals surface area contributed by atoms with Gasteiger partial charge in [0, 0.05) is 37.1 Å². The van der Waals surface area contributed by atoms with Crippen molar-refractivity contribution in [1.29, 1.82) is 0 Å². The molecule has 4 saturated heterocycles. The Morgan fingerprint density at radius 2 is 1.84 bits per heavy atom. The van der Waals surface area contributed by atoms with Gasteiger partial charge >= 0.3 is 0 Å². The third-order valence-electron chi connectivity index (χ3n) is 8.93. The highest BCUT2D eigenvalue weighted by Crippen LogP contribution is 2.38. The number of hydrogen-bond donors (Lipinski definition) is 3. The monoisotopic (exact) mass is 515 g/mol. The van der Waals surface area contributed by atoms with Crippen LogP contribution in [-0.2, 0) is 0 Å². The molecule has 2 aromatic carbocycles. The van der Waals surface area contributed by atoms with E-state index in [2.05, 4.69) is 44.1 Å². The van der Waals surface area contributed by atoms with Gasteiger partial charge in [-0.05, 0) is 76.6 Å². The van der Waals surface area contributed by atoms with Gasteiger partial charge in [-0.25, -0.2) is 9.37 Å². The first-order chi connectivity index (χ1) is 18.4. The summed E-state index contributed by atoms with van der Waals surface area (Å²) in [5.41, 5.74) is 3.71. The summed E-state index contributed by atoms with van der Waals surface area (Å²) < 4.78 is 15.8. The Morgan fingerprint density at radius 1 is 1.03 bits per heavy atom. The Kier molecular flexibility index (Phi) is 5.67. The summed E-state index contributed by atoms with van der Waals surface area (Å²) in [5, 5.41) is 4.42. The van der Waals surface area contributed by atoms with Crippen LogP contribution in [0.25, 0.3) is 33.3 Å². The second kappa shape index (κ2) is 9.10. The standard InChI is InChI=1S/C29H34FN7O/c1-35(2)18-9-12-37(15-18)25-14-23-19(13-20(25)30)27(31-24-16-36-10-7-17(24)8-11-36)26(29(38)34-23)28-32-21-5-3-4-6-22(21)33-28/h3-6,13-14,17-18,24H,7-12,15-16H2,1-2H3,(H,32,33)(H2,31,34,38)/t18-,24+/m1/s1. The molecular weight excluding hydrogens is 481 g/mol. The number of halogens is 1. The van der Waals surface area contributed by atoms with Gasteiger partial charge in [-0.1, -0.05) is 12.1 Å². The van der Waals surface area contributed by atoms with Gasteiger partial charge in [0.05, 0.1) is 27.9 Å².